The third-order valence-corrected chi connectivity index (χ3v) is 1.39. The summed E-state index contributed by atoms with van der Waals surface area (Å²) in [5.41, 5.74) is 0.250. The summed E-state index contributed by atoms with van der Waals surface area (Å²) >= 11 is 3.06. The molecule has 0 spiro atoms. The molecule has 0 aliphatic heterocycles. The molecule has 0 amide bonds. The fourth-order valence-corrected chi connectivity index (χ4v) is 0.636. The van der Waals surface area contributed by atoms with E-state index in [4.69, 9.17) is 4.11 Å². The zero-order valence-electron chi connectivity index (χ0n) is 7.06. The molecule has 0 saturated carbocycles. The zero-order chi connectivity index (χ0) is 8.48. The number of aromatic nitrogens is 1. The van der Waals surface area contributed by atoms with Crippen molar-refractivity contribution in [3.63, 3.8) is 0 Å². The fourth-order valence-electron chi connectivity index (χ4n) is 0.386. The molecule has 1 nitrogen and oxygen atoms in total. The predicted octanol–water partition coefficient (Wildman–Crippen LogP) is 2.15. The van der Waals surface area contributed by atoms with E-state index in [0.717, 1.165) is 0 Å². The summed E-state index contributed by atoms with van der Waals surface area (Å²) in [6.07, 6.45) is 1.54. The van der Waals surface area contributed by atoms with E-state index in [2.05, 4.69) is 20.9 Å². The Labute approximate surface area is 61.1 Å². The van der Waals surface area contributed by atoms with Gasteiger partial charge in [0.1, 0.15) is 4.60 Å². The molecule has 0 atom stereocenters. The van der Waals surface area contributed by atoms with Crippen LogP contribution in [0.3, 0.4) is 0 Å². The zero-order valence-corrected chi connectivity index (χ0v) is 5.64. The van der Waals surface area contributed by atoms with Crippen molar-refractivity contribution in [2.45, 2.75) is 6.85 Å². The lowest BCUT2D eigenvalue weighted by Gasteiger charge is -1.90. The Morgan fingerprint density at radius 2 is 2.75 bits per heavy atom. The highest BCUT2D eigenvalue weighted by atomic mass is 79.9. The molecular formula is C6H6BrN. The molecule has 0 aromatic carbocycles. The Bertz CT molecular complexity index is 258. The molecule has 0 radical (unpaired) electrons. The van der Waals surface area contributed by atoms with E-state index in [1.54, 1.807) is 12.3 Å². The Morgan fingerprint density at radius 3 is 3.25 bits per heavy atom. The number of pyridine rings is 1. The first kappa shape index (κ1) is 2.97. The van der Waals surface area contributed by atoms with E-state index in [1.807, 2.05) is 0 Å². The van der Waals surface area contributed by atoms with E-state index in [9.17, 15) is 0 Å². The van der Waals surface area contributed by atoms with Crippen LogP contribution in [0.4, 0.5) is 0 Å². The second kappa shape index (κ2) is 2.27. The minimum atomic E-state index is -2.08. The van der Waals surface area contributed by atoms with E-state index < -0.39 is 6.85 Å². The number of halogens is 1. The molecule has 0 aliphatic carbocycles. The lowest BCUT2D eigenvalue weighted by atomic mass is 10.3. The molecule has 8 heavy (non-hydrogen) atoms. The summed E-state index contributed by atoms with van der Waals surface area (Å²) in [4.78, 5) is 3.80. The molecule has 0 aliphatic rings. The van der Waals surface area contributed by atoms with Gasteiger partial charge < -0.3 is 0 Å². The van der Waals surface area contributed by atoms with E-state index in [0.29, 0.717) is 4.60 Å². The maximum absolute atomic E-state index is 7.08. The van der Waals surface area contributed by atoms with Crippen LogP contribution in [0.2, 0.25) is 0 Å². The first-order valence-electron chi connectivity index (χ1n) is 3.63. The second-order valence-corrected chi connectivity index (χ2v) is 2.09. The molecule has 1 heterocycles. The summed E-state index contributed by atoms with van der Waals surface area (Å²) in [5, 5.41) is 0. The molecule has 0 bridgehead atoms. The Kier molecular flexibility index (Phi) is 0.841. The third-order valence-electron chi connectivity index (χ3n) is 0.759. The number of nitrogens with zero attached hydrogens (tertiary/aromatic N) is 1. The van der Waals surface area contributed by atoms with Gasteiger partial charge in [-0.3, -0.25) is 0 Å². The normalized spacial score (nSPS) is 16.4. The van der Waals surface area contributed by atoms with Crippen LogP contribution in [0.5, 0.6) is 0 Å². The van der Waals surface area contributed by atoms with Gasteiger partial charge >= 0.3 is 0 Å². The standard InChI is InChI=1S/C6H6BrN/c1-5-3-2-4-8-6(5)7/h2-4H,1H3/i1D3. The average Bonchev–Trinajstić information content (AvgIpc) is 1.86. The van der Waals surface area contributed by atoms with Crippen LogP contribution in [0, 0.1) is 6.85 Å². The van der Waals surface area contributed by atoms with Crippen LogP contribution in [0.15, 0.2) is 22.9 Å². The lowest BCUT2D eigenvalue weighted by molar-refractivity contribution is 1.22. The number of aryl methyl sites for hydroxylation is 1. The number of rotatable bonds is 0. The van der Waals surface area contributed by atoms with Crippen LogP contribution >= 0.6 is 15.9 Å². The lowest BCUT2D eigenvalue weighted by Crippen LogP contribution is -1.76. The van der Waals surface area contributed by atoms with Crippen molar-refractivity contribution in [3.8, 4) is 0 Å². The largest absolute Gasteiger partial charge is 0.249 e. The molecule has 1 rings (SSSR count). The third kappa shape index (κ3) is 1.07. The van der Waals surface area contributed by atoms with Crippen LogP contribution in [0.1, 0.15) is 9.68 Å². The van der Waals surface area contributed by atoms with Crippen molar-refractivity contribution >= 4 is 15.9 Å². The summed E-state index contributed by atoms with van der Waals surface area (Å²) in [6, 6.07) is 3.14. The van der Waals surface area contributed by atoms with Gasteiger partial charge in [0.15, 0.2) is 0 Å². The van der Waals surface area contributed by atoms with Gasteiger partial charge in [0.25, 0.3) is 0 Å². The first-order valence-corrected chi connectivity index (χ1v) is 2.92. The molecule has 1 aromatic rings. The van der Waals surface area contributed by atoms with Gasteiger partial charge in [0.05, 0.1) is 0 Å². The van der Waals surface area contributed by atoms with Crippen molar-refractivity contribution in [3.05, 3.63) is 28.5 Å². The molecule has 0 fully saturated rings. The van der Waals surface area contributed by atoms with Gasteiger partial charge in [-0.1, -0.05) is 6.07 Å². The van der Waals surface area contributed by atoms with Crippen molar-refractivity contribution < 1.29 is 4.11 Å². The minimum Gasteiger partial charge on any atom is -0.249 e. The predicted molar refractivity (Wildman–Crippen MR) is 36.7 cm³/mol. The van der Waals surface area contributed by atoms with E-state index >= 15 is 0 Å². The quantitative estimate of drug-likeness (QED) is 0.550. The topological polar surface area (TPSA) is 12.9 Å². The van der Waals surface area contributed by atoms with Gasteiger partial charge in [-0.25, -0.2) is 4.98 Å². The molecule has 0 saturated heterocycles. The SMILES string of the molecule is [2H]C([2H])([2H])c1cccnc1Br. The maximum atomic E-state index is 7.08. The molecule has 0 unspecified atom stereocenters. The average molecular weight is 175 g/mol. The number of hydrogen-bond acceptors (Lipinski definition) is 1. The summed E-state index contributed by atoms with van der Waals surface area (Å²) in [7, 11) is 0. The highest BCUT2D eigenvalue weighted by molar-refractivity contribution is 9.10. The van der Waals surface area contributed by atoms with E-state index in [1.165, 1.54) is 6.07 Å². The maximum Gasteiger partial charge on any atom is 0.108 e. The van der Waals surface area contributed by atoms with E-state index in [-0.39, 0.29) is 5.56 Å². The van der Waals surface area contributed by atoms with Crippen LogP contribution in [-0.2, 0) is 0 Å². The van der Waals surface area contributed by atoms with Crippen molar-refractivity contribution in [1.29, 1.82) is 0 Å². The summed E-state index contributed by atoms with van der Waals surface area (Å²) in [6.45, 7) is -2.08. The molecule has 42 valence electrons. The highest BCUT2D eigenvalue weighted by Gasteiger charge is 1.87. The minimum absolute atomic E-state index is 0.250. The van der Waals surface area contributed by atoms with Gasteiger partial charge in [-0.05, 0) is 34.4 Å². The van der Waals surface area contributed by atoms with Crippen LogP contribution in [0.25, 0.3) is 0 Å². The second-order valence-electron chi connectivity index (χ2n) is 1.34. The molecule has 0 N–H and O–H groups in total. The van der Waals surface area contributed by atoms with Gasteiger partial charge in [-0.2, -0.15) is 0 Å². The van der Waals surface area contributed by atoms with Gasteiger partial charge in [0, 0.05) is 10.3 Å². The highest BCUT2D eigenvalue weighted by Crippen LogP contribution is 2.09. The van der Waals surface area contributed by atoms with Crippen LogP contribution in [-0.4, -0.2) is 4.98 Å². The summed E-state index contributed by atoms with van der Waals surface area (Å²) < 4.78 is 21.6. The molecular weight excluding hydrogens is 166 g/mol. The first-order chi connectivity index (χ1) is 5.02. The molecule has 2 heteroatoms. The Balaban J connectivity index is 3.14. The summed E-state index contributed by atoms with van der Waals surface area (Å²) in [5.74, 6) is 0. The fraction of sp³-hybridized carbons (Fsp3) is 0.167. The smallest absolute Gasteiger partial charge is 0.108 e. The van der Waals surface area contributed by atoms with Crippen LogP contribution < -0.4 is 0 Å². The van der Waals surface area contributed by atoms with Crippen molar-refractivity contribution in [1.82, 2.24) is 4.98 Å². The van der Waals surface area contributed by atoms with Gasteiger partial charge in [-0.15, -0.1) is 0 Å². The Morgan fingerprint density at radius 1 is 1.88 bits per heavy atom. The monoisotopic (exact) mass is 174 g/mol. The molecule has 1 aromatic heterocycles. The van der Waals surface area contributed by atoms with Gasteiger partial charge in [0.2, 0.25) is 0 Å². The number of hydrogen-bond donors (Lipinski definition) is 0. The Hall–Kier alpha value is -0.370. The van der Waals surface area contributed by atoms with Crippen molar-refractivity contribution in [2.75, 3.05) is 0 Å². The van der Waals surface area contributed by atoms with Crippen molar-refractivity contribution in [2.24, 2.45) is 0 Å².